The molecular formula is C18H21NO3. The summed E-state index contributed by atoms with van der Waals surface area (Å²) >= 11 is 0. The maximum absolute atomic E-state index is 12.4. The average molecular weight is 299 g/mol. The molecule has 4 heteroatoms. The van der Waals surface area contributed by atoms with Crippen LogP contribution in [0.3, 0.4) is 0 Å². The van der Waals surface area contributed by atoms with Gasteiger partial charge in [0.25, 0.3) is 0 Å². The average Bonchev–Trinajstić information content (AvgIpc) is 3.03. The number of hydrogen-bond donors (Lipinski definition) is 1. The summed E-state index contributed by atoms with van der Waals surface area (Å²) in [5.74, 6) is -0.584. The first-order chi connectivity index (χ1) is 10.7. The van der Waals surface area contributed by atoms with Crippen molar-refractivity contribution in [3.63, 3.8) is 0 Å². The van der Waals surface area contributed by atoms with E-state index in [1.807, 2.05) is 18.2 Å². The van der Waals surface area contributed by atoms with Gasteiger partial charge in [-0.2, -0.15) is 0 Å². The van der Waals surface area contributed by atoms with Gasteiger partial charge in [-0.15, -0.1) is 0 Å². The van der Waals surface area contributed by atoms with Crippen molar-refractivity contribution in [2.45, 2.75) is 24.5 Å². The predicted octanol–water partition coefficient (Wildman–Crippen LogP) is 2.47. The number of rotatable bonds is 4. The summed E-state index contributed by atoms with van der Waals surface area (Å²) in [5.41, 5.74) is 0.965. The van der Waals surface area contributed by atoms with E-state index in [0.717, 1.165) is 29.3 Å². The van der Waals surface area contributed by atoms with Gasteiger partial charge >= 0.3 is 5.97 Å². The Kier molecular flexibility index (Phi) is 4.41. The van der Waals surface area contributed by atoms with Crippen molar-refractivity contribution >= 4 is 16.7 Å². The Bertz CT molecular complexity index is 670. The second-order valence-electron chi connectivity index (χ2n) is 5.65. The van der Waals surface area contributed by atoms with Crippen molar-refractivity contribution in [2.75, 3.05) is 20.8 Å². The lowest BCUT2D eigenvalue weighted by Crippen LogP contribution is -2.41. The zero-order valence-corrected chi connectivity index (χ0v) is 12.9. The van der Waals surface area contributed by atoms with Crippen molar-refractivity contribution in [3.05, 3.63) is 48.0 Å². The van der Waals surface area contributed by atoms with Gasteiger partial charge in [0.1, 0.15) is 0 Å². The molecule has 1 fully saturated rings. The Morgan fingerprint density at radius 3 is 2.68 bits per heavy atom. The van der Waals surface area contributed by atoms with Crippen LogP contribution in [0, 0.1) is 0 Å². The molecule has 0 radical (unpaired) electrons. The van der Waals surface area contributed by atoms with Gasteiger partial charge in [-0.25, -0.2) is 0 Å². The fourth-order valence-corrected chi connectivity index (χ4v) is 3.32. The maximum atomic E-state index is 12.4. The second-order valence-corrected chi connectivity index (χ2v) is 5.65. The quantitative estimate of drug-likeness (QED) is 0.881. The van der Waals surface area contributed by atoms with E-state index in [1.54, 1.807) is 7.11 Å². The molecule has 0 amide bonds. The highest BCUT2D eigenvalue weighted by molar-refractivity contribution is 5.86. The number of nitrogens with one attached hydrogen (secondary N) is 1. The van der Waals surface area contributed by atoms with E-state index in [2.05, 4.69) is 29.6 Å². The highest BCUT2D eigenvalue weighted by atomic mass is 16.5. The van der Waals surface area contributed by atoms with Crippen LogP contribution in [0.15, 0.2) is 42.5 Å². The number of esters is 1. The molecule has 1 heterocycles. The number of ether oxygens (including phenoxy) is 2. The molecule has 0 saturated carbocycles. The number of benzene rings is 2. The van der Waals surface area contributed by atoms with Gasteiger partial charge in [-0.05, 0) is 29.3 Å². The fraction of sp³-hybridized carbons (Fsp3) is 0.389. The van der Waals surface area contributed by atoms with E-state index in [-0.39, 0.29) is 24.0 Å². The number of carbonyl (C=O) groups excluding carboxylic acids is 1. The third-order valence-corrected chi connectivity index (χ3v) is 4.46. The Morgan fingerprint density at radius 2 is 1.95 bits per heavy atom. The molecule has 0 aromatic heterocycles. The van der Waals surface area contributed by atoms with E-state index >= 15 is 0 Å². The molecule has 1 aliphatic heterocycles. The Morgan fingerprint density at radius 1 is 1.18 bits per heavy atom. The number of carbonyl (C=O) groups is 1. The molecule has 1 N–H and O–H groups in total. The zero-order valence-electron chi connectivity index (χ0n) is 12.9. The zero-order chi connectivity index (χ0) is 15.5. The summed E-state index contributed by atoms with van der Waals surface area (Å²) in [6.07, 6.45) is 0.929. The molecule has 2 aromatic carbocycles. The summed E-state index contributed by atoms with van der Waals surface area (Å²) in [4.78, 5) is 12.4. The Hall–Kier alpha value is -1.91. The van der Waals surface area contributed by atoms with Crippen molar-refractivity contribution < 1.29 is 14.3 Å². The monoisotopic (exact) mass is 299 g/mol. The minimum atomic E-state index is -0.359. The van der Waals surface area contributed by atoms with E-state index in [0.29, 0.717) is 0 Å². The number of methoxy groups -OCH3 is 2. The van der Waals surface area contributed by atoms with E-state index in [4.69, 9.17) is 9.47 Å². The van der Waals surface area contributed by atoms with Crippen LogP contribution in [0.1, 0.15) is 17.9 Å². The van der Waals surface area contributed by atoms with E-state index < -0.39 is 0 Å². The Balaban J connectivity index is 2.02. The molecule has 1 saturated heterocycles. The van der Waals surface area contributed by atoms with Gasteiger partial charge in [0.05, 0.1) is 25.2 Å². The lowest BCUT2D eigenvalue weighted by molar-refractivity contribution is -0.144. The van der Waals surface area contributed by atoms with Crippen LogP contribution >= 0.6 is 0 Å². The molecule has 0 bridgehead atoms. The Labute approximate surface area is 130 Å². The molecule has 22 heavy (non-hydrogen) atoms. The smallest absolute Gasteiger partial charge is 0.314 e. The van der Waals surface area contributed by atoms with Gasteiger partial charge in [0.2, 0.25) is 0 Å². The van der Waals surface area contributed by atoms with Crippen LogP contribution in [-0.4, -0.2) is 38.9 Å². The lowest BCUT2D eigenvalue weighted by atomic mass is 9.88. The molecule has 3 atom stereocenters. The standard InChI is InChI=1S/C18H21NO3/c1-21-15-9-10-19-17(15)16(18(20)22-2)14-8-7-12-5-3-4-6-13(12)11-14/h3-8,11,15-17,19H,9-10H2,1-2H3/t15-,16+,17-/m1/s1. The first-order valence-electron chi connectivity index (χ1n) is 7.57. The third-order valence-electron chi connectivity index (χ3n) is 4.46. The highest BCUT2D eigenvalue weighted by Gasteiger charge is 2.39. The van der Waals surface area contributed by atoms with Crippen LogP contribution in [0.25, 0.3) is 10.8 Å². The second kappa shape index (κ2) is 6.46. The van der Waals surface area contributed by atoms with E-state index in [1.165, 1.54) is 7.11 Å². The molecule has 1 aliphatic rings. The van der Waals surface area contributed by atoms with Gasteiger partial charge in [0, 0.05) is 7.11 Å². The molecule has 0 unspecified atom stereocenters. The number of fused-ring (bicyclic) bond motifs is 1. The molecular weight excluding hydrogens is 278 g/mol. The minimum Gasteiger partial charge on any atom is -0.469 e. The number of hydrogen-bond acceptors (Lipinski definition) is 4. The first kappa shape index (κ1) is 15.0. The summed E-state index contributed by atoms with van der Waals surface area (Å²) in [6.45, 7) is 0.851. The SMILES string of the molecule is COC(=O)[C@@H](c1ccc2ccccc2c1)[C@@H]1NCC[C@H]1OC. The highest BCUT2D eigenvalue weighted by Crippen LogP contribution is 2.30. The molecule has 116 valence electrons. The molecule has 0 aliphatic carbocycles. The van der Waals surface area contributed by atoms with Crippen molar-refractivity contribution in [3.8, 4) is 0 Å². The van der Waals surface area contributed by atoms with Crippen LogP contribution in [0.2, 0.25) is 0 Å². The minimum absolute atomic E-state index is 0.0237. The molecule has 4 nitrogen and oxygen atoms in total. The van der Waals surface area contributed by atoms with Crippen LogP contribution in [0.5, 0.6) is 0 Å². The topological polar surface area (TPSA) is 47.6 Å². The molecule has 2 aromatic rings. The fourth-order valence-electron chi connectivity index (χ4n) is 3.32. The van der Waals surface area contributed by atoms with Gasteiger partial charge in [0.15, 0.2) is 0 Å². The molecule has 3 rings (SSSR count). The van der Waals surface area contributed by atoms with Gasteiger partial charge in [-0.1, -0.05) is 42.5 Å². The maximum Gasteiger partial charge on any atom is 0.314 e. The lowest BCUT2D eigenvalue weighted by Gasteiger charge is -2.26. The van der Waals surface area contributed by atoms with Crippen molar-refractivity contribution in [1.29, 1.82) is 0 Å². The normalized spacial score (nSPS) is 22.6. The van der Waals surface area contributed by atoms with Gasteiger partial charge < -0.3 is 14.8 Å². The molecule has 0 spiro atoms. The van der Waals surface area contributed by atoms with Crippen molar-refractivity contribution in [2.24, 2.45) is 0 Å². The third kappa shape index (κ3) is 2.72. The summed E-state index contributed by atoms with van der Waals surface area (Å²) in [5, 5.41) is 5.68. The van der Waals surface area contributed by atoms with Gasteiger partial charge in [-0.3, -0.25) is 4.79 Å². The predicted molar refractivity (Wildman–Crippen MR) is 85.9 cm³/mol. The summed E-state index contributed by atoms with van der Waals surface area (Å²) in [7, 11) is 3.13. The van der Waals surface area contributed by atoms with Crippen LogP contribution in [0.4, 0.5) is 0 Å². The van der Waals surface area contributed by atoms with E-state index in [9.17, 15) is 4.79 Å². The van der Waals surface area contributed by atoms with Crippen LogP contribution < -0.4 is 5.32 Å². The largest absolute Gasteiger partial charge is 0.469 e. The summed E-state index contributed by atoms with van der Waals surface area (Å²) < 4.78 is 10.6. The van der Waals surface area contributed by atoms with Crippen LogP contribution in [-0.2, 0) is 14.3 Å². The first-order valence-corrected chi connectivity index (χ1v) is 7.57. The summed E-state index contributed by atoms with van der Waals surface area (Å²) in [6, 6.07) is 14.2. The van der Waals surface area contributed by atoms with Crippen molar-refractivity contribution in [1.82, 2.24) is 5.32 Å².